The number of anilines is 1. The lowest BCUT2D eigenvalue weighted by Gasteiger charge is -2.18. The van der Waals surface area contributed by atoms with Crippen molar-refractivity contribution in [1.29, 1.82) is 0 Å². The Morgan fingerprint density at radius 2 is 2.24 bits per heavy atom. The topological polar surface area (TPSA) is 55.3 Å². The average Bonchev–Trinajstić information content (AvgIpc) is 2.79. The van der Waals surface area contributed by atoms with Gasteiger partial charge >= 0.3 is 5.97 Å². The van der Waals surface area contributed by atoms with E-state index in [4.69, 9.17) is 0 Å². The fourth-order valence-electron chi connectivity index (χ4n) is 1.31. The van der Waals surface area contributed by atoms with Crippen LogP contribution in [0.1, 0.15) is 38.9 Å². The molecule has 0 amide bonds. The Morgan fingerprint density at radius 3 is 2.71 bits per heavy atom. The van der Waals surface area contributed by atoms with E-state index in [1.165, 1.54) is 18.6 Å². The molecule has 1 rings (SSSR count). The first-order chi connectivity index (χ1) is 8.08. The second-order valence-electron chi connectivity index (χ2n) is 4.00. The molecule has 6 heteroatoms. The molecule has 0 aliphatic carbocycles. The quantitative estimate of drug-likeness (QED) is 0.730. The second-order valence-corrected chi connectivity index (χ2v) is 4.73. The fourth-order valence-corrected chi connectivity index (χ4v) is 2.20. The lowest BCUT2D eigenvalue weighted by Crippen LogP contribution is -2.26. The standard InChI is InChI=1S/C11H19N3O2S/c1-5-14(7-6-9(15)16-4)11-12-10(8(2)3)13-17-11/h8H,5-7H2,1-4H3. The molecule has 0 unspecified atom stereocenters. The van der Waals surface area contributed by atoms with Gasteiger partial charge in [-0.1, -0.05) is 13.8 Å². The van der Waals surface area contributed by atoms with Crippen LogP contribution in [0.2, 0.25) is 0 Å². The minimum absolute atomic E-state index is 0.197. The average molecular weight is 257 g/mol. The minimum atomic E-state index is -0.197. The third kappa shape index (κ3) is 3.96. The van der Waals surface area contributed by atoms with Gasteiger partial charge < -0.3 is 9.64 Å². The fraction of sp³-hybridized carbons (Fsp3) is 0.727. The lowest BCUT2D eigenvalue weighted by atomic mass is 10.2. The third-order valence-electron chi connectivity index (χ3n) is 2.41. The van der Waals surface area contributed by atoms with Crippen LogP contribution in [0.4, 0.5) is 5.13 Å². The number of methoxy groups -OCH3 is 1. The SMILES string of the molecule is CCN(CCC(=O)OC)c1nc(C(C)C)ns1. The van der Waals surface area contributed by atoms with E-state index in [9.17, 15) is 4.79 Å². The van der Waals surface area contributed by atoms with E-state index in [-0.39, 0.29) is 5.97 Å². The van der Waals surface area contributed by atoms with E-state index in [0.717, 1.165) is 17.5 Å². The zero-order valence-electron chi connectivity index (χ0n) is 10.8. The summed E-state index contributed by atoms with van der Waals surface area (Å²) in [6, 6.07) is 0. The van der Waals surface area contributed by atoms with Crippen molar-refractivity contribution in [2.45, 2.75) is 33.1 Å². The van der Waals surface area contributed by atoms with Crippen LogP contribution in [0.15, 0.2) is 0 Å². The van der Waals surface area contributed by atoms with Crippen LogP contribution >= 0.6 is 11.5 Å². The lowest BCUT2D eigenvalue weighted by molar-refractivity contribution is -0.140. The number of esters is 1. The van der Waals surface area contributed by atoms with Gasteiger partial charge in [-0.2, -0.15) is 4.37 Å². The van der Waals surface area contributed by atoms with Crippen LogP contribution in [-0.2, 0) is 9.53 Å². The van der Waals surface area contributed by atoms with Gasteiger partial charge in [0.05, 0.1) is 13.5 Å². The van der Waals surface area contributed by atoms with Crippen molar-refractivity contribution in [3.05, 3.63) is 5.82 Å². The summed E-state index contributed by atoms with van der Waals surface area (Å²) in [5.41, 5.74) is 0. The van der Waals surface area contributed by atoms with Gasteiger partial charge in [-0.3, -0.25) is 4.79 Å². The molecule has 0 aliphatic heterocycles. The first-order valence-corrected chi connectivity index (χ1v) is 6.51. The van der Waals surface area contributed by atoms with Gasteiger partial charge in [0, 0.05) is 30.5 Å². The van der Waals surface area contributed by atoms with E-state index in [0.29, 0.717) is 18.9 Å². The zero-order valence-corrected chi connectivity index (χ0v) is 11.6. The Balaban J connectivity index is 2.62. The Bertz CT molecular complexity index is 365. The maximum atomic E-state index is 11.1. The summed E-state index contributed by atoms with van der Waals surface area (Å²) in [7, 11) is 1.40. The normalized spacial score (nSPS) is 10.6. The van der Waals surface area contributed by atoms with Crippen molar-refractivity contribution in [3.63, 3.8) is 0 Å². The molecule has 0 radical (unpaired) electrons. The molecule has 0 spiro atoms. The molecule has 0 saturated carbocycles. The van der Waals surface area contributed by atoms with Crippen LogP contribution in [0.5, 0.6) is 0 Å². The number of hydrogen-bond donors (Lipinski definition) is 0. The van der Waals surface area contributed by atoms with Crippen LogP contribution in [0, 0.1) is 0 Å². The Hall–Kier alpha value is -1.17. The maximum absolute atomic E-state index is 11.1. The highest BCUT2D eigenvalue weighted by molar-refractivity contribution is 7.09. The van der Waals surface area contributed by atoms with E-state index < -0.39 is 0 Å². The molecule has 5 nitrogen and oxygen atoms in total. The van der Waals surface area contributed by atoms with Crippen molar-refractivity contribution in [3.8, 4) is 0 Å². The molecule has 17 heavy (non-hydrogen) atoms. The molecule has 96 valence electrons. The van der Waals surface area contributed by atoms with Gasteiger partial charge in [-0.05, 0) is 6.92 Å². The molecule has 1 aromatic rings. The van der Waals surface area contributed by atoms with Gasteiger partial charge in [0.15, 0.2) is 0 Å². The number of ether oxygens (including phenoxy) is 1. The number of rotatable bonds is 6. The molecule has 0 bridgehead atoms. The molecule has 0 N–H and O–H groups in total. The summed E-state index contributed by atoms with van der Waals surface area (Å²) < 4.78 is 8.93. The van der Waals surface area contributed by atoms with E-state index >= 15 is 0 Å². The predicted octanol–water partition coefficient (Wildman–Crippen LogP) is 2.05. The number of hydrogen-bond acceptors (Lipinski definition) is 6. The van der Waals surface area contributed by atoms with Crippen LogP contribution in [-0.4, -0.2) is 35.5 Å². The molecule has 0 aromatic carbocycles. The van der Waals surface area contributed by atoms with Crippen molar-refractivity contribution in [1.82, 2.24) is 9.36 Å². The van der Waals surface area contributed by atoms with Gasteiger partial charge in [-0.25, -0.2) is 4.98 Å². The molecule has 0 aliphatic rings. The summed E-state index contributed by atoms with van der Waals surface area (Å²) in [5.74, 6) is 0.998. The third-order valence-corrected chi connectivity index (χ3v) is 3.20. The molecule has 0 saturated heterocycles. The second kappa shape index (κ2) is 6.54. The van der Waals surface area contributed by atoms with Gasteiger partial charge in [0.1, 0.15) is 5.82 Å². The van der Waals surface area contributed by atoms with Crippen LogP contribution in [0.25, 0.3) is 0 Å². The van der Waals surface area contributed by atoms with E-state index in [1.54, 1.807) is 0 Å². The highest BCUT2D eigenvalue weighted by Gasteiger charge is 2.14. The summed E-state index contributed by atoms with van der Waals surface area (Å²) in [6.45, 7) is 7.60. The molecule has 0 fully saturated rings. The Labute approximate surface area is 106 Å². The Kier molecular flexibility index (Phi) is 5.34. The molecular formula is C11H19N3O2S. The Morgan fingerprint density at radius 1 is 1.53 bits per heavy atom. The summed E-state index contributed by atoms with van der Waals surface area (Å²) in [4.78, 5) is 17.6. The van der Waals surface area contributed by atoms with Crippen molar-refractivity contribution in [2.24, 2.45) is 0 Å². The van der Waals surface area contributed by atoms with Crippen molar-refractivity contribution < 1.29 is 9.53 Å². The smallest absolute Gasteiger partial charge is 0.307 e. The van der Waals surface area contributed by atoms with Gasteiger partial charge in [-0.15, -0.1) is 0 Å². The molecular weight excluding hydrogens is 238 g/mol. The minimum Gasteiger partial charge on any atom is -0.469 e. The zero-order chi connectivity index (χ0) is 12.8. The summed E-state index contributed by atoms with van der Waals surface area (Å²) in [5, 5.41) is 0.875. The monoisotopic (exact) mass is 257 g/mol. The predicted molar refractivity (Wildman–Crippen MR) is 68.5 cm³/mol. The number of carbonyl (C=O) groups excluding carboxylic acids is 1. The van der Waals surface area contributed by atoms with Crippen LogP contribution < -0.4 is 4.90 Å². The maximum Gasteiger partial charge on any atom is 0.307 e. The number of nitrogens with zero attached hydrogens (tertiary/aromatic N) is 3. The van der Waals surface area contributed by atoms with Crippen molar-refractivity contribution >= 4 is 22.6 Å². The van der Waals surface area contributed by atoms with Gasteiger partial charge in [0.2, 0.25) is 5.13 Å². The highest BCUT2D eigenvalue weighted by Crippen LogP contribution is 2.21. The van der Waals surface area contributed by atoms with E-state index in [2.05, 4.69) is 27.9 Å². The summed E-state index contributed by atoms with van der Waals surface area (Å²) >= 11 is 1.38. The first kappa shape index (κ1) is 13.9. The summed E-state index contributed by atoms with van der Waals surface area (Å²) in [6.07, 6.45) is 0.376. The van der Waals surface area contributed by atoms with Crippen molar-refractivity contribution in [2.75, 3.05) is 25.1 Å². The largest absolute Gasteiger partial charge is 0.469 e. The molecule has 0 atom stereocenters. The number of aromatic nitrogens is 2. The van der Waals surface area contributed by atoms with Crippen LogP contribution in [0.3, 0.4) is 0 Å². The first-order valence-electron chi connectivity index (χ1n) is 5.73. The van der Waals surface area contributed by atoms with Gasteiger partial charge in [0.25, 0.3) is 0 Å². The number of carbonyl (C=O) groups is 1. The molecule has 1 heterocycles. The molecule has 1 aromatic heterocycles. The highest BCUT2D eigenvalue weighted by atomic mass is 32.1. The van der Waals surface area contributed by atoms with E-state index in [1.807, 2.05) is 11.8 Å².